The first kappa shape index (κ1) is 10.7. The first-order chi connectivity index (χ1) is 6.19. The zero-order valence-corrected chi connectivity index (χ0v) is 10.2. The van der Waals surface area contributed by atoms with E-state index >= 15 is 0 Å². The van der Waals surface area contributed by atoms with E-state index in [0.717, 1.165) is 15.2 Å². The van der Waals surface area contributed by atoms with Crippen LogP contribution in [0.4, 0.5) is 0 Å². The fourth-order valence-electron chi connectivity index (χ4n) is 0.901. The van der Waals surface area contributed by atoms with Crippen LogP contribution in [0.2, 0.25) is 0 Å². The molecule has 0 aliphatic rings. The van der Waals surface area contributed by atoms with Crippen molar-refractivity contribution < 1.29 is 9.53 Å². The summed E-state index contributed by atoms with van der Waals surface area (Å²) in [6, 6.07) is 3.50. The Kier molecular flexibility index (Phi) is 3.93. The summed E-state index contributed by atoms with van der Waals surface area (Å²) in [6.07, 6.45) is 0.791. The summed E-state index contributed by atoms with van der Waals surface area (Å²) < 4.78 is 6.91. The summed E-state index contributed by atoms with van der Waals surface area (Å²) in [7, 11) is 0. The Morgan fingerprint density at radius 2 is 2.08 bits per heavy atom. The molecule has 1 rings (SSSR count). The Hall–Kier alpha value is -0.350. The standard InChI is InChI=1S/C9H8Br2O2/c1-2-13-9-3-6(5-12)7(10)4-8(9)11/h3-5H,2H2,1H3. The van der Waals surface area contributed by atoms with E-state index in [2.05, 4.69) is 31.9 Å². The molecule has 0 aliphatic heterocycles. The van der Waals surface area contributed by atoms with Crippen LogP contribution in [0.1, 0.15) is 17.3 Å². The lowest BCUT2D eigenvalue weighted by atomic mass is 10.2. The summed E-state index contributed by atoms with van der Waals surface area (Å²) in [5.41, 5.74) is 0.589. The molecule has 0 saturated carbocycles. The van der Waals surface area contributed by atoms with E-state index in [9.17, 15) is 4.79 Å². The number of ether oxygens (including phenoxy) is 1. The third-order valence-corrected chi connectivity index (χ3v) is 2.78. The van der Waals surface area contributed by atoms with Gasteiger partial charge in [-0.05, 0) is 35.0 Å². The molecule has 13 heavy (non-hydrogen) atoms. The molecule has 0 unspecified atom stereocenters. The maximum atomic E-state index is 10.6. The van der Waals surface area contributed by atoms with Gasteiger partial charge in [0, 0.05) is 10.0 Å². The largest absolute Gasteiger partial charge is 0.493 e. The summed E-state index contributed by atoms with van der Waals surface area (Å²) in [6.45, 7) is 2.48. The lowest BCUT2D eigenvalue weighted by Crippen LogP contribution is -1.94. The maximum Gasteiger partial charge on any atom is 0.151 e. The minimum Gasteiger partial charge on any atom is -0.493 e. The molecule has 0 amide bonds. The van der Waals surface area contributed by atoms with Crippen molar-refractivity contribution in [1.29, 1.82) is 0 Å². The summed E-state index contributed by atoms with van der Waals surface area (Å²) in [5, 5.41) is 0. The molecular weight excluding hydrogens is 300 g/mol. The molecule has 0 heterocycles. The summed E-state index contributed by atoms with van der Waals surface area (Å²) in [4.78, 5) is 10.6. The van der Waals surface area contributed by atoms with Crippen molar-refractivity contribution in [3.05, 3.63) is 26.6 Å². The van der Waals surface area contributed by atoms with Gasteiger partial charge in [-0.2, -0.15) is 0 Å². The zero-order chi connectivity index (χ0) is 9.84. The van der Waals surface area contributed by atoms with Crippen LogP contribution in [0, 0.1) is 0 Å². The van der Waals surface area contributed by atoms with Crippen molar-refractivity contribution in [3.63, 3.8) is 0 Å². The molecule has 2 nitrogen and oxygen atoms in total. The van der Waals surface area contributed by atoms with E-state index in [1.807, 2.05) is 6.92 Å². The van der Waals surface area contributed by atoms with Gasteiger partial charge in [0.2, 0.25) is 0 Å². The molecule has 0 atom stereocenters. The lowest BCUT2D eigenvalue weighted by molar-refractivity contribution is 0.112. The molecule has 4 heteroatoms. The number of carbonyl (C=O) groups excluding carboxylic acids is 1. The highest BCUT2D eigenvalue weighted by Gasteiger charge is 2.06. The van der Waals surface area contributed by atoms with Gasteiger partial charge in [-0.3, -0.25) is 4.79 Å². The van der Waals surface area contributed by atoms with Crippen molar-refractivity contribution in [1.82, 2.24) is 0 Å². The molecule has 0 spiro atoms. The van der Waals surface area contributed by atoms with E-state index in [0.29, 0.717) is 17.9 Å². The van der Waals surface area contributed by atoms with Gasteiger partial charge in [0.25, 0.3) is 0 Å². The Labute approximate surface area is 93.5 Å². The third-order valence-electron chi connectivity index (χ3n) is 1.48. The molecule has 0 bridgehead atoms. The molecule has 0 aliphatic carbocycles. The predicted molar refractivity (Wildman–Crippen MR) is 58.4 cm³/mol. The first-order valence-corrected chi connectivity index (χ1v) is 5.34. The summed E-state index contributed by atoms with van der Waals surface area (Å²) in [5.74, 6) is 0.688. The van der Waals surface area contributed by atoms with Gasteiger partial charge in [-0.15, -0.1) is 0 Å². The second-order valence-electron chi connectivity index (χ2n) is 2.36. The minimum atomic E-state index is 0.582. The highest BCUT2D eigenvalue weighted by Crippen LogP contribution is 2.30. The molecule has 70 valence electrons. The zero-order valence-electron chi connectivity index (χ0n) is 7.01. The first-order valence-electron chi connectivity index (χ1n) is 3.76. The second kappa shape index (κ2) is 4.77. The van der Waals surface area contributed by atoms with E-state index < -0.39 is 0 Å². The van der Waals surface area contributed by atoms with Gasteiger partial charge >= 0.3 is 0 Å². The van der Waals surface area contributed by atoms with Gasteiger partial charge in [0.05, 0.1) is 11.1 Å². The fourth-order valence-corrected chi connectivity index (χ4v) is 2.10. The number of hydrogen-bond donors (Lipinski definition) is 0. The highest BCUT2D eigenvalue weighted by atomic mass is 79.9. The SMILES string of the molecule is CCOc1cc(C=O)c(Br)cc1Br. The molecule has 0 radical (unpaired) electrons. The smallest absolute Gasteiger partial charge is 0.151 e. The van der Waals surface area contributed by atoms with Crippen LogP contribution in [0.25, 0.3) is 0 Å². The van der Waals surface area contributed by atoms with Gasteiger partial charge in [-0.1, -0.05) is 15.9 Å². The molecule has 0 aromatic heterocycles. The third kappa shape index (κ3) is 2.54. The predicted octanol–water partition coefficient (Wildman–Crippen LogP) is 3.42. The number of rotatable bonds is 3. The molecule has 0 saturated heterocycles. The highest BCUT2D eigenvalue weighted by molar-refractivity contribution is 9.11. The van der Waals surface area contributed by atoms with Crippen LogP contribution in [0.15, 0.2) is 21.1 Å². The average Bonchev–Trinajstić information content (AvgIpc) is 2.10. The van der Waals surface area contributed by atoms with Crippen LogP contribution >= 0.6 is 31.9 Å². The Morgan fingerprint density at radius 3 is 2.62 bits per heavy atom. The van der Waals surface area contributed by atoms with Crippen LogP contribution in [0.5, 0.6) is 5.75 Å². The normalized spacial score (nSPS) is 9.77. The van der Waals surface area contributed by atoms with Crippen LogP contribution in [0.3, 0.4) is 0 Å². The van der Waals surface area contributed by atoms with Gasteiger partial charge < -0.3 is 4.74 Å². The van der Waals surface area contributed by atoms with E-state index in [1.54, 1.807) is 12.1 Å². The van der Waals surface area contributed by atoms with Crippen molar-refractivity contribution >= 4 is 38.1 Å². The number of hydrogen-bond acceptors (Lipinski definition) is 2. The van der Waals surface area contributed by atoms with E-state index in [-0.39, 0.29) is 0 Å². The van der Waals surface area contributed by atoms with Crippen LogP contribution in [-0.2, 0) is 0 Å². The van der Waals surface area contributed by atoms with Crippen LogP contribution < -0.4 is 4.74 Å². The van der Waals surface area contributed by atoms with Gasteiger partial charge in [0.1, 0.15) is 5.75 Å². The van der Waals surface area contributed by atoms with Crippen molar-refractivity contribution in [3.8, 4) is 5.75 Å². The van der Waals surface area contributed by atoms with Crippen molar-refractivity contribution in [2.24, 2.45) is 0 Å². The minimum absolute atomic E-state index is 0.582. The van der Waals surface area contributed by atoms with E-state index in [1.165, 1.54) is 0 Å². The van der Waals surface area contributed by atoms with Crippen molar-refractivity contribution in [2.75, 3.05) is 6.61 Å². The average molecular weight is 308 g/mol. The molecular formula is C9H8Br2O2. The Balaban J connectivity index is 3.14. The Bertz CT molecular complexity index is 324. The number of benzene rings is 1. The van der Waals surface area contributed by atoms with Crippen LogP contribution in [-0.4, -0.2) is 12.9 Å². The number of halogens is 2. The second-order valence-corrected chi connectivity index (χ2v) is 4.06. The fraction of sp³-hybridized carbons (Fsp3) is 0.222. The van der Waals surface area contributed by atoms with Gasteiger partial charge in [-0.25, -0.2) is 0 Å². The lowest BCUT2D eigenvalue weighted by Gasteiger charge is -2.07. The summed E-state index contributed by atoms with van der Waals surface area (Å²) >= 11 is 6.62. The maximum absolute atomic E-state index is 10.6. The molecule has 0 fully saturated rings. The topological polar surface area (TPSA) is 26.3 Å². The number of aldehydes is 1. The molecule has 0 N–H and O–H groups in total. The Morgan fingerprint density at radius 1 is 1.38 bits per heavy atom. The van der Waals surface area contributed by atoms with Crippen molar-refractivity contribution in [2.45, 2.75) is 6.92 Å². The van der Waals surface area contributed by atoms with Gasteiger partial charge in [0.15, 0.2) is 6.29 Å². The monoisotopic (exact) mass is 306 g/mol. The quantitative estimate of drug-likeness (QED) is 0.800. The van der Waals surface area contributed by atoms with E-state index in [4.69, 9.17) is 4.74 Å². The number of carbonyl (C=O) groups is 1. The molecule has 1 aromatic carbocycles. The molecule has 1 aromatic rings.